The summed E-state index contributed by atoms with van der Waals surface area (Å²) in [7, 11) is 1.80. The summed E-state index contributed by atoms with van der Waals surface area (Å²) >= 11 is 0. The molecule has 2 N–H and O–H groups in total. The van der Waals surface area contributed by atoms with Crippen molar-refractivity contribution in [1.82, 2.24) is 9.55 Å². The average Bonchev–Trinajstić information content (AvgIpc) is 2.14. The summed E-state index contributed by atoms with van der Waals surface area (Å²) in [6.45, 7) is 0. The van der Waals surface area contributed by atoms with E-state index in [0.29, 0.717) is 6.01 Å². The number of nitrogens with two attached hydrogens (primary N) is 1. The summed E-state index contributed by atoms with van der Waals surface area (Å²) < 4.78 is 1.68. The maximum Gasteiger partial charge on any atom is 0.315 e. The van der Waals surface area contributed by atoms with Gasteiger partial charge in [0.2, 0.25) is 0 Å². The third-order valence-corrected chi connectivity index (χ3v) is 0.882. The van der Waals surface area contributed by atoms with Crippen LogP contribution in [0.2, 0.25) is 0 Å². The molecule has 0 fully saturated rings. The van der Waals surface area contributed by atoms with E-state index in [1.807, 2.05) is 0 Å². The van der Waals surface area contributed by atoms with E-state index in [4.69, 9.17) is 5.90 Å². The maximum atomic E-state index is 4.81. The predicted octanol–water partition coefficient (Wildman–Crippen LogP) is -0.327. The van der Waals surface area contributed by atoms with E-state index >= 15 is 0 Å². The number of nitrogens with zero attached hydrogens (tertiary/aromatic N) is 2. The molecule has 0 saturated carbocycles. The lowest BCUT2D eigenvalue weighted by Gasteiger charge is -1.93. The standard InChI is InChI=1S/C4H7N3O/c1-7-3-2-6-4(7)8-5/h2-3H,5H2,1H3. The first-order chi connectivity index (χ1) is 3.84. The van der Waals surface area contributed by atoms with Crippen LogP contribution in [0.1, 0.15) is 0 Å². The number of hydrogen-bond acceptors (Lipinski definition) is 3. The van der Waals surface area contributed by atoms with E-state index in [1.165, 1.54) is 0 Å². The molecule has 0 aliphatic rings. The largest absolute Gasteiger partial charge is 0.373 e. The van der Waals surface area contributed by atoms with Gasteiger partial charge in [0.25, 0.3) is 0 Å². The summed E-state index contributed by atoms with van der Waals surface area (Å²) in [5, 5.41) is 0. The van der Waals surface area contributed by atoms with Gasteiger partial charge in [-0.25, -0.2) is 4.98 Å². The van der Waals surface area contributed by atoms with Crippen LogP contribution in [-0.2, 0) is 7.05 Å². The average molecular weight is 113 g/mol. The molecule has 4 nitrogen and oxygen atoms in total. The molecule has 0 unspecified atom stereocenters. The molecule has 0 amide bonds. The van der Waals surface area contributed by atoms with Crippen molar-refractivity contribution < 1.29 is 4.84 Å². The van der Waals surface area contributed by atoms with Crippen LogP contribution in [0, 0.1) is 0 Å². The van der Waals surface area contributed by atoms with Crippen LogP contribution in [-0.4, -0.2) is 9.55 Å². The second-order valence-electron chi connectivity index (χ2n) is 1.44. The Morgan fingerprint density at radius 3 is 2.88 bits per heavy atom. The Bertz CT molecular complexity index is 172. The molecule has 0 aliphatic heterocycles. The predicted molar refractivity (Wildman–Crippen MR) is 28.0 cm³/mol. The lowest BCUT2D eigenvalue weighted by atomic mass is 10.9. The third kappa shape index (κ3) is 0.651. The van der Waals surface area contributed by atoms with Gasteiger partial charge in [0.05, 0.1) is 0 Å². The van der Waals surface area contributed by atoms with Gasteiger partial charge < -0.3 is 9.40 Å². The zero-order chi connectivity index (χ0) is 5.98. The Morgan fingerprint density at radius 1 is 1.88 bits per heavy atom. The van der Waals surface area contributed by atoms with Crippen molar-refractivity contribution in [3.8, 4) is 6.01 Å². The lowest BCUT2D eigenvalue weighted by Crippen LogP contribution is -2.06. The topological polar surface area (TPSA) is 53.1 Å². The van der Waals surface area contributed by atoms with Crippen LogP contribution in [0.15, 0.2) is 12.4 Å². The molecule has 0 saturated heterocycles. The van der Waals surface area contributed by atoms with Crippen LogP contribution in [0.25, 0.3) is 0 Å². The van der Waals surface area contributed by atoms with Crippen LogP contribution in [0.3, 0.4) is 0 Å². The summed E-state index contributed by atoms with van der Waals surface area (Å²) in [6, 6.07) is 0.421. The van der Waals surface area contributed by atoms with Gasteiger partial charge in [-0.2, -0.15) is 5.90 Å². The van der Waals surface area contributed by atoms with Crippen molar-refractivity contribution in [2.24, 2.45) is 12.9 Å². The monoisotopic (exact) mass is 113 g/mol. The minimum absolute atomic E-state index is 0.421. The highest BCUT2D eigenvalue weighted by Crippen LogP contribution is 1.99. The summed E-state index contributed by atoms with van der Waals surface area (Å²) in [5.41, 5.74) is 0. The molecule has 0 radical (unpaired) electrons. The Hall–Kier alpha value is -1.03. The van der Waals surface area contributed by atoms with Gasteiger partial charge in [-0.15, -0.1) is 0 Å². The molecule has 0 aromatic carbocycles. The van der Waals surface area contributed by atoms with E-state index < -0.39 is 0 Å². The van der Waals surface area contributed by atoms with Crippen LogP contribution in [0.5, 0.6) is 6.01 Å². The Morgan fingerprint density at radius 2 is 2.62 bits per heavy atom. The molecule has 1 aromatic rings. The fourth-order valence-corrected chi connectivity index (χ4v) is 0.465. The molecule has 0 aliphatic carbocycles. The molecule has 44 valence electrons. The van der Waals surface area contributed by atoms with E-state index in [2.05, 4.69) is 9.82 Å². The maximum absolute atomic E-state index is 4.81. The van der Waals surface area contributed by atoms with Gasteiger partial charge in [-0.05, 0) is 0 Å². The number of aromatic nitrogens is 2. The molecule has 0 atom stereocenters. The fourth-order valence-electron chi connectivity index (χ4n) is 0.465. The molecule has 8 heavy (non-hydrogen) atoms. The SMILES string of the molecule is Cn1ccnc1ON. The Labute approximate surface area is 46.8 Å². The minimum atomic E-state index is 0.421. The second kappa shape index (κ2) is 1.83. The first kappa shape index (κ1) is 5.11. The number of hydrogen-bond donors (Lipinski definition) is 1. The van der Waals surface area contributed by atoms with Gasteiger partial charge in [0.15, 0.2) is 0 Å². The van der Waals surface area contributed by atoms with E-state index in [-0.39, 0.29) is 0 Å². The summed E-state index contributed by atoms with van der Waals surface area (Å²) in [5.74, 6) is 4.81. The van der Waals surface area contributed by atoms with Crippen LogP contribution < -0.4 is 10.7 Å². The molecular weight excluding hydrogens is 106 g/mol. The van der Waals surface area contributed by atoms with Gasteiger partial charge in [-0.1, -0.05) is 0 Å². The molecule has 0 bridgehead atoms. The van der Waals surface area contributed by atoms with Gasteiger partial charge in [-0.3, -0.25) is 0 Å². The normalized spacial score (nSPS) is 9.25. The van der Waals surface area contributed by atoms with E-state index in [9.17, 15) is 0 Å². The molecule has 1 heterocycles. The van der Waals surface area contributed by atoms with E-state index in [0.717, 1.165) is 0 Å². The minimum Gasteiger partial charge on any atom is -0.373 e. The summed E-state index contributed by atoms with van der Waals surface area (Å²) in [6.07, 6.45) is 3.37. The van der Waals surface area contributed by atoms with Crippen LogP contribution in [0.4, 0.5) is 0 Å². The van der Waals surface area contributed by atoms with Crippen molar-refractivity contribution in [2.45, 2.75) is 0 Å². The summed E-state index contributed by atoms with van der Waals surface area (Å²) in [4.78, 5) is 8.09. The molecule has 0 spiro atoms. The second-order valence-corrected chi connectivity index (χ2v) is 1.44. The first-order valence-electron chi connectivity index (χ1n) is 2.18. The molecule has 1 aromatic heterocycles. The quantitative estimate of drug-likeness (QED) is 0.507. The highest BCUT2D eigenvalue weighted by atomic mass is 16.6. The van der Waals surface area contributed by atoms with Crippen molar-refractivity contribution in [2.75, 3.05) is 0 Å². The Kier molecular flexibility index (Phi) is 1.17. The molecular formula is C4H7N3O. The third-order valence-electron chi connectivity index (χ3n) is 0.882. The van der Waals surface area contributed by atoms with Crippen molar-refractivity contribution in [1.29, 1.82) is 0 Å². The zero-order valence-corrected chi connectivity index (χ0v) is 4.53. The zero-order valence-electron chi connectivity index (χ0n) is 4.53. The number of imidazole rings is 1. The number of aryl methyl sites for hydroxylation is 1. The lowest BCUT2D eigenvalue weighted by molar-refractivity contribution is 0.296. The molecule has 4 heteroatoms. The van der Waals surface area contributed by atoms with Crippen molar-refractivity contribution in [3.05, 3.63) is 12.4 Å². The first-order valence-corrected chi connectivity index (χ1v) is 2.18. The van der Waals surface area contributed by atoms with Crippen molar-refractivity contribution >= 4 is 0 Å². The fraction of sp³-hybridized carbons (Fsp3) is 0.250. The van der Waals surface area contributed by atoms with Crippen LogP contribution >= 0.6 is 0 Å². The highest BCUT2D eigenvalue weighted by Gasteiger charge is 1.93. The van der Waals surface area contributed by atoms with Gasteiger partial charge in [0, 0.05) is 19.4 Å². The highest BCUT2D eigenvalue weighted by molar-refractivity contribution is 4.95. The van der Waals surface area contributed by atoms with Crippen molar-refractivity contribution in [3.63, 3.8) is 0 Å². The van der Waals surface area contributed by atoms with Gasteiger partial charge in [0.1, 0.15) is 0 Å². The Balaban J connectivity index is 2.92. The van der Waals surface area contributed by atoms with Gasteiger partial charge >= 0.3 is 6.01 Å². The smallest absolute Gasteiger partial charge is 0.315 e. The number of rotatable bonds is 1. The molecule has 1 rings (SSSR count). The van der Waals surface area contributed by atoms with E-state index in [1.54, 1.807) is 24.0 Å².